The minimum Gasteiger partial charge on any atom is -0.361 e. The first kappa shape index (κ1) is 15.5. The van der Waals surface area contributed by atoms with Crippen molar-refractivity contribution in [2.45, 2.75) is 20.4 Å². The molecule has 8 heteroatoms. The molecule has 4 rings (SSSR count). The highest BCUT2D eigenvalue weighted by Crippen LogP contribution is 2.29. The highest BCUT2D eigenvalue weighted by Gasteiger charge is 2.18. The van der Waals surface area contributed by atoms with Gasteiger partial charge in [-0.05, 0) is 26.0 Å². The third-order valence-corrected chi connectivity index (χ3v) is 4.70. The van der Waals surface area contributed by atoms with Crippen LogP contribution in [0.1, 0.15) is 27.8 Å². The van der Waals surface area contributed by atoms with Gasteiger partial charge >= 0.3 is 0 Å². The molecule has 1 aromatic carbocycles. The molecule has 126 valence electrons. The maximum absolute atomic E-state index is 12.3. The maximum Gasteiger partial charge on any atom is 0.271 e. The maximum atomic E-state index is 12.3. The van der Waals surface area contributed by atoms with E-state index >= 15 is 0 Å². The number of aryl methyl sites for hydroxylation is 2. The van der Waals surface area contributed by atoms with Gasteiger partial charge in [0.2, 0.25) is 0 Å². The van der Waals surface area contributed by atoms with Crippen molar-refractivity contribution in [1.29, 1.82) is 0 Å². The molecule has 25 heavy (non-hydrogen) atoms. The van der Waals surface area contributed by atoms with Crippen LogP contribution in [0.4, 0.5) is 0 Å². The Morgan fingerprint density at radius 3 is 2.88 bits per heavy atom. The number of fused-ring (bicyclic) bond motifs is 1. The van der Waals surface area contributed by atoms with Gasteiger partial charge in [0.05, 0.1) is 28.8 Å². The number of aromatic amines is 1. The summed E-state index contributed by atoms with van der Waals surface area (Å²) >= 11 is 1.39. The number of rotatable bonds is 4. The van der Waals surface area contributed by atoms with Crippen molar-refractivity contribution in [2.75, 3.05) is 0 Å². The number of amides is 1. The molecule has 7 nitrogen and oxygen atoms in total. The van der Waals surface area contributed by atoms with E-state index in [1.165, 1.54) is 11.3 Å². The number of aromatic nitrogens is 4. The van der Waals surface area contributed by atoms with Gasteiger partial charge in [-0.3, -0.25) is 4.79 Å². The molecule has 3 heterocycles. The van der Waals surface area contributed by atoms with Gasteiger partial charge in [-0.2, -0.15) is 0 Å². The molecule has 0 aliphatic carbocycles. The van der Waals surface area contributed by atoms with Crippen LogP contribution in [-0.2, 0) is 6.54 Å². The molecule has 0 saturated heterocycles. The van der Waals surface area contributed by atoms with Crippen LogP contribution in [0.2, 0.25) is 0 Å². The van der Waals surface area contributed by atoms with Gasteiger partial charge in [-0.1, -0.05) is 17.3 Å². The predicted octanol–water partition coefficient (Wildman–Crippen LogP) is 3.22. The Morgan fingerprint density at radius 1 is 1.28 bits per heavy atom. The monoisotopic (exact) mass is 353 g/mol. The van der Waals surface area contributed by atoms with Gasteiger partial charge in [-0.25, -0.2) is 9.97 Å². The predicted molar refractivity (Wildman–Crippen MR) is 94.3 cm³/mol. The summed E-state index contributed by atoms with van der Waals surface area (Å²) in [6, 6.07) is 7.74. The van der Waals surface area contributed by atoms with Crippen molar-refractivity contribution in [3.05, 3.63) is 52.6 Å². The van der Waals surface area contributed by atoms with Crippen LogP contribution < -0.4 is 5.32 Å². The van der Waals surface area contributed by atoms with Crippen LogP contribution in [0, 0.1) is 13.8 Å². The van der Waals surface area contributed by atoms with Crippen molar-refractivity contribution < 1.29 is 9.32 Å². The van der Waals surface area contributed by atoms with Gasteiger partial charge in [0.15, 0.2) is 0 Å². The second-order valence-electron chi connectivity index (χ2n) is 5.62. The average molecular weight is 353 g/mol. The molecule has 0 fully saturated rings. The number of para-hydroxylation sites is 2. The number of nitrogens with zero attached hydrogens (tertiary/aromatic N) is 3. The Kier molecular flexibility index (Phi) is 3.81. The van der Waals surface area contributed by atoms with Crippen molar-refractivity contribution in [2.24, 2.45) is 0 Å². The lowest BCUT2D eigenvalue weighted by molar-refractivity contribution is 0.0945. The molecule has 0 bridgehead atoms. The SMILES string of the molecule is Cc1noc(C)c1-c1nc(C(=O)NCc2nc3ccccc3[nH]2)cs1. The molecular formula is C17H15N5O2S. The summed E-state index contributed by atoms with van der Waals surface area (Å²) < 4.78 is 5.16. The van der Waals surface area contributed by atoms with E-state index in [1.807, 2.05) is 38.1 Å². The minimum absolute atomic E-state index is 0.241. The first-order valence-corrected chi connectivity index (χ1v) is 8.60. The number of benzene rings is 1. The number of carbonyl (C=O) groups excluding carboxylic acids is 1. The van der Waals surface area contributed by atoms with Gasteiger partial charge in [0, 0.05) is 5.38 Å². The second kappa shape index (κ2) is 6.14. The number of nitrogens with one attached hydrogen (secondary N) is 2. The number of hydrogen-bond acceptors (Lipinski definition) is 6. The lowest BCUT2D eigenvalue weighted by atomic mass is 10.2. The summed E-state index contributed by atoms with van der Waals surface area (Å²) in [5, 5.41) is 9.22. The topological polar surface area (TPSA) is 96.7 Å². The summed E-state index contributed by atoms with van der Waals surface area (Å²) in [7, 11) is 0. The zero-order chi connectivity index (χ0) is 17.4. The van der Waals surface area contributed by atoms with E-state index in [9.17, 15) is 4.79 Å². The van der Waals surface area contributed by atoms with Crippen LogP contribution in [0.5, 0.6) is 0 Å². The Morgan fingerprint density at radius 2 is 2.12 bits per heavy atom. The van der Waals surface area contributed by atoms with E-state index in [2.05, 4.69) is 25.4 Å². The lowest BCUT2D eigenvalue weighted by Gasteiger charge is -2.00. The molecule has 3 aromatic heterocycles. The fourth-order valence-corrected chi connectivity index (χ4v) is 3.57. The molecular weight excluding hydrogens is 338 g/mol. The Balaban J connectivity index is 1.48. The number of H-pyrrole nitrogens is 1. The Hall–Kier alpha value is -3.00. The molecule has 0 atom stereocenters. The third-order valence-electron chi connectivity index (χ3n) is 3.84. The van der Waals surface area contributed by atoms with Crippen LogP contribution in [0.25, 0.3) is 21.6 Å². The Bertz CT molecular complexity index is 1010. The molecule has 0 radical (unpaired) electrons. The van der Waals surface area contributed by atoms with E-state index in [0.717, 1.165) is 27.3 Å². The third kappa shape index (κ3) is 2.91. The zero-order valence-corrected chi connectivity index (χ0v) is 14.5. The number of hydrogen-bond donors (Lipinski definition) is 2. The number of thiazole rings is 1. The summed E-state index contributed by atoms with van der Waals surface area (Å²) in [5.41, 5.74) is 3.81. The van der Waals surface area contributed by atoms with E-state index in [4.69, 9.17) is 4.52 Å². The molecule has 4 aromatic rings. The fraction of sp³-hybridized carbons (Fsp3) is 0.176. The van der Waals surface area contributed by atoms with E-state index in [-0.39, 0.29) is 5.91 Å². The largest absolute Gasteiger partial charge is 0.361 e. The first-order chi connectivity index (χ1) is 12.1. The van der Waals surface area contributed by atoms with E-state index in [1.54, 1.807) is 5.38 Å². The smallest absolute Gasteiger partial charge is 0.271 e. The van der Waals surface area contributed by atoms with Gasteiger partial charge in [0.1, 0.15) is 22.3 Å². The summed E-state index contributed by atoms with van der Waals surface area (Å²) in [6.07, 6.45) is 0. The molecule has 0 aliphatic rings. The van der Waals surface area contributed by atoms with Crippen LogP contribution in [0.3, 0.4) is 0 Å². The van der Waals surface area contributed by atoms with Crippen LogP contribution >= 0.6 is 11.3 Å². The first-order valence-electron chi connectivity index (χ1n) is 7.72. The van der Waals surface area contributed by atoms with E-state index in [0.29, 0.717) is 23.8 Å². The Labute approximate surface area is 147 Å². The van der Waals surface area contributed by atoms with Gasteiger partial charge < -0.3 is 14.8 Å². The van der Waals surface area contributed by atoms with Gasteiger partial charge in [0.25, 0.3) is 5.91 Å². The highest BCUT2D eigenvalue weighted by molar-refractivity contribution is 7.13. The van der Waals surface area contributed by atoms with Crippen molar-refractivity contribution in [3.8, 4) is 10.6 Å². The normalized spacial score (nSPS) is 11.1. The van der Waals surface area contributed by atoms with E-state index < -0.39 is 0 Å². The number of imidazole rings is 1. The van der Waals surface area contributed by atoms with Crippen molar-refractivity contribution in [1.82, 2.24) is 25.4 Å². The molecule has 0 aliphatic heterocycles. The summed E-state index contributed by atoms with van der Waals surface area (Å²) in [4.78, 5) is 24.4. The standard InChI is InChI=1S/C17H15N5O2S/c1-9-15(10(2)24-22-9)17-21-13(8-25-17)16(23)18-7-14-19-11-5-3-4-6-12(11)20-14/h3-6,8H,7H2,1-2H3,(H,18,23)(H,19,20). The minimum atomic E-state index is -0.241. The van der Waals surface area contributed by atoms with Gasteiger partial charge in [-0.15, -0.1) is 11.3 Å². The van der Waals surface area contributed by atoms with Crippen molar-refractivity contribution >= 4 is 28.3 Å². The molecule has 0 saturated carbocycles. The highest BCUT2D eigenvalue weighted by atomic mass is 32.1. The second-order valence-corrected chi connectivity index (χ2v) is 6.48. The number of carbonyl (C=O) groups is 1. The fourth-order valence-electron chi connectivity index (χ4n) is 2.63. The van der Waals surface area contributed by atoms with Crippen LogP contribution in [-0.4, -0.2) is 26.0 Å². The molecule has 1 amide bonds. The summed E-state index contributed by atoms with van der Waals surface area (Å²) in [6.45, 7) is 4.00. The molecule has 0 unspecified atom stereocenters. The average Bonchev–Trinajstić information content (AvgIpc) is 3.31. The van der Waals surface area contributed by atoms with Crippen molar-refractivity contribution in [3.63, 3.8) is 0 Å². The van der Waals surface area contributed by atoms with Crippen LogP contribution in [0.15, 0.2) is 34.2 Å². The lowest BCUT2D eigenvalue weighted by Crippen LogP contribution is -2.23. The summed E-state index contributed by atoms with van der Waals surface area (Å²) in [5.74, 6) is 1.16. The quantitative estimate of drug-likeness (QED) is 0.587. The zero-order valence-electron chi connectivity index (χ0n) is 13.7. The molecule has 0 spiro atoms. The molecule has 2 N–H and O–H groups in total.